The van der Waals surface area contributed by atoms with Gasteiger partial charge in [-0.05, 0) is 19.1 Å². The molecule has 1 heterocycles. The van der Waals surface area contributed by atoms with Crippen LogP contribution in [0.5, 0.6) is 5.75 Å². The first-order valence-electron chi connectivity index (χ1n) is 3.98. The lowest BCUT2D eigenvalue weighted by Gasteiger charge is -1.97. The van der Waals surface area contributed by atoms with E-state index in [-0.39, 0.29) is 5.75 Å². The molecular weight excluding hydrogens is 166 g/mol. The molecule has 0 aliphatic heterocycles. The van der Waals surface area contributed by atoms with Crippen molar-refractivity contribution in [3.8, 4) is 17.2 Å². The first-order valence-corrected chi connectivity index (χ1v) is 3.98. The molecule has 3 heteroatoms. The Kier molecular flexibility index (Phi) is 1.77. The average Bonchev–Trinajstić information content (AvgIpc) is 2.53. The van der Waals surface area contributed by atoms with E-state index in [1.54, 1.807) is 24.4 Å². The Morgan fingerprint density at radius 3 is 2.69 bits per heavy atom. The van der Waals surface area contributed by atoms with E-state index in [9.17, 15) is 5.11 Å². The van der Waals surface area contributed by atoms with Crippen molar-refractivity contribution in [1.29, 1.82) is 0 Å². The standard InChI is InChI=1S/C10H9NO2/c1-7-6-11-10(13-7)8-4-2-3-5-9(8)12/h2-6,12H,1H3. The number of hydrogen-bond acceptors (Lipinski definition) is 3. The van der Waals surface area contributed by atoms with E-state index in [2.05, 4.69) is 4.98 Å². The van der Waals surface area contributed by atoms with Gasteiger partial charge in [0.05, 0.1) is 11.8 Å². The smallest absolute Gasteiger partial charge is 0.229 e. The van der Waals surface area contributed by atoms with Crippen molar-refractivity contribution < 1.29 is 9.52 Å². The Bertz CT molecular complexity index is 420. The summed E-state index contributed by atoms with van der Waals surface area (Å²) in [5.74, 6) is 1.37. The van der Waals surface area contributed by atoms with Crippen molar-refractivity contribution in [2.45, 2.75) is 6.92 Å². The third-order valence-corrected chi connectivity index (χ3v) is 1.76. The van der Waals surface area contributed by atoms with Gasteiger partial charge in [0.15, 0.2) is 0 Å². The highest BCUT2D eigenvalue weighted by atomic mass is 16.4. The third kappa shape index (κ3) is 1.40. The number of hydrogen-bond donors (Lipinski definition) is 1. The van der Waals surface area contributed by atoms with Crippen LogP contribution < -0.4 is 0 Å². The van der Waals surface area contributed by atoms with Crippen LogP contribution in [0.3, 0.4) is 0 Å². The Labute approximate surface area is 75.7 Å². The van der Waals surface area contributed by atoms with Gasteiger partial charge in [0.1, 0.15) is 11.5 Å². The molecule has 0 amide bonds. The van der Waals surface area contributed by atoms with Crippen LogP contribution in [0.25, 0.3) is 11.5 Å². The number of nitrogens with zero attached hydrogens (tertiary/aromatic N) is 1. The summed E-state index contributed by atoms with van der Waals surface area (Å²) < 4.78 is 5.28. The third-order valence-electron chi connectivity index (χ3n) is 1.76. The Morgan fingerprint density at radius 1 is 1.31 bits per heavy atom. The van der Waals surface area contributed by atoms with E-state index in [4.69, 9.17) is 4.42 Å². The summed E-state index contributed by atoms with van der Waals surface area (Å²) in [7, 11) is 0. The number of aryl methyl sites for hydroxylation is 1. The zero-order valence-corrected chi connectivity index (χ0v) is 7.19. The molecule has 0 aliphatic rings. The lowest BCUT2D eigenvalue weighted by atomic mass is 10.2. The van der Waals surface area contributed by atoms with Crippen molar-refractivity contribution in [2.75, 3.05) is 0 Å². The summed E-state index contributed by atoms with van der Waals surface area (Å²) in [4.78, 5) is 4.02. The van der Waals surface area contributed by atoms with E-state index in [0.717, 1.165) is 5.76 Å². The molecule has 66 valence electrons. The number of benzene rings is 1. The largest absolute Gasteiger partial charge is 0.507 e. The lowest BCUT2D eigenvalue weighted by molar-refractivity contribution is 0.471. The van der Waals surface area contributed by atoms with E-state index < -0.39 is 0 Å². The van der Waals surface area contributed by atoms with Crippen molar-refractivity contribution in [3.63, 3.8) is 0 Å². The van der Waals surface area contributed by atoms with Gasteiger partial charge in [-0.1, -0.05) is 12.1 Å². The number of aromatic nitrogens is 1. The maximum absolute atomic E-state index is 9.47. The molecule has 1 N–H and O–H groups in total. The molecule has 0 saturated heterocycles. The molecule has 0 atom stereocenters. The van der Waals surface area contributed by atoms with Crippen molar-refractivity contribution >= 4 is 0 Å². The average molecular weight is 175 g/mol. The van der Waals surface area contributed by atoms with Gasteiger partial charge in [-0.15, -0.1) is 0 Å². The second-order valence-corrected chi connectivity index (χ2v) is 2.79. The van der Waals surface area contributed by atoms with Gasteiger partial charge in [-0.3, -0.25) is 0 Å². The highest BCUT2D eigenvalue weighted by molar-refractivity contribution is 5.61. The molecule has 13 heavy (non-hydrogen) atoms. The Morgan fingerprint density at radius 2 is 2.08 bits per heavy atom. The van der Waals surface area contributed by atoms with Crippen LogP contribution >= 0.6 is 0 Å². The molecule has 1 aromatic carbocycles. The summed E-state index contributed by atoms with van der Waals surface area (Å²) in [5.41, 5.74) is 0.621. The topological polar surface area (TPSA) is 46.3 Å². The summed E-state index contributed by atoms with van der Waals surface area (Å²) in [5, 5.41) is 9.47. The van der Waals surface area contributed by atoms with Crippen LogP contribution in [0, 0.1) is 6.92 Å². The van der Waals surface area contributed by atoms with Crippen LogP contribution in [0.4, 0.5) is 0 Å². The highest BCUT2D eigenvalue weighted by Crippen LogP contribution is 2.27. The SMILES string of the molecule is Cc1cnc(-c2ccccc2O)o1. The lowest BCUT2D eigenvalue weighted by Crippen LogP contribution is -1.76. The zero-order valence-electron chi connectivity index (χ0n) is 7.19. The predicted molar refractivity (Wildman–Crippen MR) is 48.3 cm³/mol. The summed E-state index contributed by atoms with van der Waals surface area (Å²) >= 11 is 0. The summed E-state index contributed by atoms with van der Waals surface area (Å²) in [6.07, 6.45) is 1.63. The normalized spacial score (nSPS) is 10.2. The Hall–Kier alpha value is -1.77. The van der Waals surface area contributed by atoms with E-state index in [0.29, 0.717) is 11.5 Å². The zero-order chi connectivity index (χ0) is 9.26. The predicted octanol–water partition coefficient (Wildman–Crippen LogP) is 2.36. The Balaban J connectivity index is 2.52. The van der Waals surface area contributed by atoms with Crippen molar-refractivity contribution in [3.05, 3.63) is 36.2 Å². The van der Waals surface area contributed by atoms with Crippen LogP contribution in [-0.2, 0) is 0 Å². The maximum Gasteiger partial charge on any atom is 0.229 e. The number of oxazole rings is 1. The van der Waals surface area contributed by atoms with Gasteiger partial charge >= 0.3 is 0 Å². The first-order chi connectivity index (χ1) is 6.27. The summed E-state index contributed by atoms with van der Waals surface area (Å²) in [6.45, 7) is 1.82. The molecule has 0 fully saturated rings. The minimum atomic E-state index is 0.185. The molecule has 3 nitrogen and oxygen atoms in total. The second kappa shape index (κ2) is 2.94. The summed E-state index contributed by atoms with van der Waals surface area (Å²) in [6, 6.07) is 6.96. The molecular formula is C10H9NO2. The minimum absolute atomic E-state index is 0.185. The van der Waals surface area contributed by atoms with E-state index in [1.165, 1.54) is 0 Å². The van der Waals surface area contributed by atoms with Gasteiger partial charge in [-0.2, -0.15) is 0 Å². The van der Waals surface area contributed by atoms with Crippen LogP contribution in [0.2, 0.25) is 0 Å². The minimum Gasteiger partial charge on any atom is -0.507 e. The fraction of sp³-hybridized carbons (Fsp3) is 0.100. The van der Waals surface area contributed by atoms with Crippen LogP contribution in [0.15, 0.2) is 34.9 Å². The number of phenols is 1. The second-order valence-electron chi connectivity index (χ2n) is 2.79. The molecule has 2 rings (SSSR count). The maximum atomic E-state index is 9.47. The fourth-order valence-electron chi connectivity index (χ4n) is 1.13. The van der Waals surface area contributed by atoms with Crippen molar-refractivity contribution in [1.82, 2.24) is 4.98 Å². The number of aromatic hydroxyl groups is 1. The van der Waals surface area contributed by atoms with E-state index >= 15 is 0 Å². The number of phenolic OH excluding ortho intramolecular Hbond substituents is 1. The van der Waals surface area contributed by atoms with Gasteiger partial charge in [-0.25, -0.2) is 4.98 Å². The molecule has 0 saturated carbocycles. The van der Waals surface area contributed by atoms with Crippen LogP contribution in [0.1, 0.15) is 5.76 Å². The molecule has 0 bridgehead atoms. The highest BCUT2D eigenvalue weighted by Gasteiger charge is 2.07. The quantitative estimate of drug-likeness (QED) is 0.723. The molecule has 0 unspecified atom stereocenters. The molecule has 1 aromatic heterocycles. The van der Waals surface area contributed by atoms with Gasteiger partial charge in [0, 0.05) is 0 Å². The van der Waals surface area contributed by atoms with Crippen molar-refractivity contribution in [2.24, 2.45) is 0 Å². The first kappa shape index (κ1) is 7.86. The molecule has 0 radical (unpaired) electrons. The van der Waals surface area contributed by atoms with E-state index in [1.807, 2.05) is 13.0 Å². The van der Waals surface area contributed by atoms with Crippen LogP contribution in [-0.4, -0.2) is 10.1 Å². The number of rotatable bonds is 1. The van der Waals surface area contributed by atoms with Gasteiger partial charge in [0.25, 0.3) is 0 Å². The molecule has 2 aromatic rings. The molecule has 0 aliphatic carbocycles. The van der Waals surface area contributed by atoms with Gasteiger partial charge in [0.2, 0.25) is 5.89 Å². The fourth-order valence-corrected chi connectivity index (χ4v) is 1.13. The van der Waals surface area contributed by atoms with Gasteiger partial charge < -0.3 is 9.52 Å². The monoisotopic (exact) mass is 175 g/mol. The number of para-hydroxylation sites is 1. The molecule has 0 spiro atoms.